The summed E-state index contributed by atoms with van der Waals surface area (Å²) >= 11 is 0. The predicted octanol–water partition coefficient (Wildman–Crippen LogP) is 2.61. The van der Waals surface area contributed by atoms with Crippen LogP contribution in [0, 0.1) is 0 Å². The first kappa shape index (κ1) is 13.1. The summed E-state index contributed by atoms with van der Waals surface area (Å²) in [6.45, 7) is 0. The van der Waals surface area contributed by atoms with Crippen LogP contribution >= 0.6 is 0 Å². The number of nitrogens with one attached hydrogen (secondary N) is 1. The molecular weight excluding hydrogens is 264 g/mol. The van der Waals surface area contributed by atoms with Gasteiger partial charge in [-0.25, -0.2) is 4.98 Å². The lowest BCUT2D eigenvalue weighted by Crippen LogP contribution is -1.96. The molecule has 0 saturated heterocycles. The van der Waals surface area contributed by atoms with Crippen LogP contribution in [-0.2, 0) is 0 Å². The van der Waals surface area contributed by atoms with Crippen LogP contribution in [0.5, 0.6) is 5.75 Å². The molecule has 2 heterocycles. The van der Waals surface area contributed by atoms with Gasteiger partial charge in [0, 0.05) is 34.6 Å². The van der Waals surface area contributed by atoms with E-state index in [1.54, 1.807) is 19.4 Å². The number of aromatic amines is 1. The topological polar surface area (TPSA) is 90.0 Å². The molecule has 0 aliphatic heterocycles. The van der Waals surface area contributed by atoms with Gasteiger partial charge in [-0.1, -0.05) is 0 Å². The Kier molecular flexibility index (Phi) is 3.23. The molecule has 21 heavy (non-hydrogen) atoms. The zero-order chi connectivity index (χ0) is 14.8. The molecule has 0 amide bonds. The average Bonchev–Trinajstić information content (AvgIpc) is 2.92. The number of benzene rings is 1. The molecule has 3 aromatic rings. The van der Waals surface area contributed by atoms with Crippen molar-refractivity contribution in [2.75, 3.05) is 12.8 Å². The molecule has 0 aliphatic carbocycles. The van der Waals surface area contributed by atoms with Crippen LogP contribution in [0.1, 0.15) is 11.1 Å². The number of nitrogens with zero attached hydrogens (tertiary/aromatic N) is 1. The Balaban J connectivity index is 2.04. The van der Waals surface area contributed by atoms with Crippen LogP contribution in [0.3, 0.4) is 0 Å². The number of H-pyrrole nitrogens is 1. The summed E-state index contributed by atoms with van der Waals surface area (Å²) in [4.78, 5) is 7.26. The minimum Gasteiger partial charge on any atom is -0.497 e. The molecule has 0 atom stereocenters. The second-order valence-electron chi connectivity index (χ2n) is 4.73. The van der Waals surface area contributed by atoms with Crippen LogP contribution in [0.15, 0.2) is 42.7 Å². The minimum absolute atomic E-state index is 0.488. The Morgan fingerprint density at radius 3 is 2.86 bits per heavy atom. The van der Waals surface area contributed by atoms with E-state index in [1.807, 2.05) is 36.5 Å². The lowest BCUT2D eigenvalue weighted by Gasteiger charge is -2.03. The maximum atomic E-state index is 6.21. The smallest absolute Gasteiger partial charge is 0.123 e. The van der Waals surface area contributed by atoms with Crippen molar-refractivity contribution in [3.05, 3.63) is 53.9 Å². The maximum Gasteiger partial charge on any atom is 0.123 e. The Morgan fingerprint density at radius 2 is 2.14 bits per heavy atom. The first-order valence-corrected chi connectivity index (χ1v) is 6.51. The number of pyridine rings is 1. The molecule has 0 radical (unpaired) electrons. The van der Waals surface area contributed by atoms with E-state index in [9.17, 15) is 0 Å². The summed E-state index contributed by atoms with van der Waals surface area (Å²) in [5.41, 5.74) is 15.3. The molecule has 0 aliphatic rings. The fourth-order valence-corrected chi connectivity index (χ4v) is 2.22. The highest BCUT2D eigenvalue weighted by Crippen LogP contribution is 2.27. The molecule has 0 unspecified atom stereocenters. The highest BCUT2D eigenvalue weighted by Gasteiger charge is 2.07. The monoisotopic (exact) mass is 280 g/mol. The largest absolute Gasteiger partial charge is 0.497 e. The van der Waals surface area contributed by atoms with E-state index in [2.05, 4.69) is 9.97 Å². The number of rotatable bonds is 3. The summed E-state index contributed by atoms with van der Waals surface area (Å²) < 4.78 is 5.26. The summed E-state index contributed by atoms with van der Waals surface area (Å²) in [5, 5.41) is 1.02. The lowest BCUT2D eigenvalue weighted by atomic mass is 10.1. The van der Waals surface area contributed by atoms with Gasteiger partial charge in [0.25, 0.3) is 0 Å². The van der Waals surface area contributed by atoms with Crippen LogP contribution in [0.4, 0.5) is 5.82 Å². The normalized spacial score (nSPS) is 11.8. The van der Waals surface area contributed by atoms with Gasteiger partial charge in [0.15, 0.2) is 0 Å². The fraction of sp³-hybridized carbons (Fsp3) is 0.0625. The summed E-state index contributed by atoms with van der Waals surface area (Å²) in [5.74, 6) is 1.29. The molecular formula is C16H16N4O. The number of hydrogen-bond acceptors (Lipinski definition) is 4. The molecule has 5 N–H and O–H groups in total. The van der Waals surface area contributed by atoms with Crippen molar-refractivity contribution in [2.45, 2.75) is 0 Å². The Morgan fingerprint density at radius 1 is 1.29 bits per heavy atom. The Bertz CT molecular complexity index is 803. The van der Waals surface area contributed by atoms with Gasteiger partial charge in [0.1, 0.15) is 11.6 Å². The SMILES string of the molecule is COc1ccc2[nH]cc(/C(N)=C/c3ccc(N)nc3)c2c1. The van der Waals surface area contributed by atoms with Crippen molar-refractivity contribution < 1.29 is 4.74 Å². The lowest BCUT2D eigenvalue weighted by molar-refractivity contribution is 0.415. The first-order valence-electron chi connectivity index (χ1n) is 6.51. The van der Waals surface area contributed by atoms with Crippen molar-refractivity contribution in [1.29, 1.82) is 0 Å². The van der Waals surface area contributed by atoms with Crippen LogP contribution in [0.25, 0.3) is 22.7 Å². The highest BCUT2D eigenvalue weighted by atomic mass is 16.5. The quantitative estimate of drug-likeness (QED) is 0.688. The Labute approximate surface area is 122 Å². The van der Waals surface area contributed by atoms with Gasteiger partial charge in [0.05, 0.1) is 7.11 Å². The number of fused-ring (bicyclic) bond motifs is 1. The molecule has 0 saturated carbocycles. The zero-order valence-corrected chi connectivity index (χ0v) is 11.6. The molecule has 5 heteroatoms. The van der Waals surface area contributed by atoms with Gasteiger partial charge >= 0.3 is 0 Å². The number of nitrogens with two attached hydrogens (primary N) is 2. The Hall–Kier alpha value is -2.95. The van der Waals surface area contributed by atoms with Gasteiger partial charge in [-0.05, 0) is 42.0 Å². The molecule has 2 aromatic heterocycles. The van der Waals surface area contributed by atoms with Crippen LogP contribution in [0.2, 0.25) is 0 Å². The second-order valence-corrected chi connectivity index (χ2v) is 4.73. The van der Waals surface area contributed by atoms with Crippen molar-refractivity contribution in [3.8, 4) is 5.75 Å². The molecule has 3 rings (SSSR count). The zero-order valence-electron chi connectivity index (χ0n) is 11.6. The number of methoxy groups -OCH3 is 1. The fourth-order valence-electron chi connectivity index (χ4n) is 2.22. The van der Waals surface area contributed by atoms with E-state index in [0.29, 0.717) is 11.5 Å². The third kappa shape index (κ3) is 2.53. The molecule has 1 aromatic carbocycles. The number of nitrogen functional groups attached to an aromatic ring is 1. The van der Waals surface area contributed by atoms with Crippen molar-refractivity contribution >= 4 is 28.5 Å². The van der Waals surface area contributed by atoms with Crippen LogP contribution in [-0.4, -0.2) is 17.1 Å². The van der Waals surface area contributed by atoms with Gasteiger partial charge in [-0.3, -0.25) is 0 Å². The van der Waals surface area contributed by atoms with E-state index in [1.165, 1.54) is 0 Å². The third-order valence-electron chi connectivity index (χ3n) is 3.33. The summed E-state index contributed by atoms with van der Waals surface area (Å²) in [6, 6.07) is 9.47. The van der Waals surface area contributed by atoms with Gasteiger partial charge < -0.3 is 21.2 Å². The molecule has 0 fully saturated rings. The second kappa shape index (κ2) is 5.20. The maximum absolute atomic E-state index is 6.21. The standard InChI is InChI=1S/C16H16N4O/c1-21-11-3-4-15-12(7-11)13(9-19-15)14(17)6-10-2-5-16(18)20-8-10/h2-9,19H,17H2,1H3,(H2,18,20)/b14-6-. The molecule has 0 bridgehead atoms. The van der Waals surface area contributed by atoms with Gasteiger partial charge in [0.2, 0.25) is 0 Å². The summed E-state index contributed by atoms with van der Waals surface area (Å²) in [7, 11) is 1.65. The summed E-state index contributed by atoms with van der Waals surface area (Å²) in [6.07, 6.45) is 5.45. The van der Waals surface area contributed by atoms with E-state index < -0.39 is 0 Å². The highest BCUT2D eigenvalue weighted by molar-refractivity contribution is 5.96. The van der Waals surface area contributed by atoms with Gasteiger partial charge in [-0.15, -0.1) is 0 Å². The van der Waals surface area contributed by atoms with E-state index in [4.69, 9.17) is 16.2 Å². The van der Waals surface area contributed by atoms with Crippen molar-refractivity contribution in [1.82, 2.24) is 9.97 Å². The minimum atomic E-state index is 0.488. The van der Waals surface area contributed by atoms with Gasteiger partial charge in [-0.2, -0.15) is 0 Å². The van der Waals surface area contributed by atoms with E-state index >= 15 is 0 Å². The average molecular weight is 280 g/mol. The van der Waals surface area contributed by atoms with E-state index in [-0.39, 0.29) is 0 Å². The molecule has 5 nitrogen and oxygen atoms in total. The number of aromatic nitrogens is 2. The van der Waals surface area contributed by atoms with Crippen molar-refractivity contribution in [2.24, 2.45) is 5.73 Å². The predicted molar refractivity (Wildman–Crippen MR) is 85.6 cm³/mol. The van der Waals surface area contributed by atoms with E-state index in [0.717, 1.165) is 27.8 Å². The molecule has 106 valence electrons. The first-order chi connectivity index (χ1) is 10.2. The number of anilines is 1. The number of hydrogen-bond donors (Lipinski definition) is 3. The third-order valence-corrected chi connectivity index (χ3v) is 3.33. The number of ether oxygens (including phenoxy) is 1. The van der Waals surface area contributed by atoms with Crippen LogP contribution < -0.4 is 16.2 Å². The van der Waals surface area contributed by atoms with Crippen molar-refractivity contribution in [3.63, 3.8) is 0 Å². The molecule has 0 spiro atoms.